The number of rotatable bonds is 3. The predicted octanol–water partition coefficient (Wildman–Crippen LogP) is 2.29. The van der Waals surface area contributed by atoms with Gasteiger partial charge in [0.15, 0.2) is 0 Å². The van der Waals surface area contributed by atoms with E-state index in [1.54, 1.807) is 6.92 Å². The standard InChI is InChI=1S/C16H15BO3/c1-11-7-8-13(9-12(2)18)10-14(11)17-19-15-5-3-4-6-16(15)20-17/h3-8,10H,9H2,1-2H3. The Morgan fingerprint density at radius 1 is 1.10 bits per heavy atom. The van der Waals surface area contributed by atoms with Crippen LogP contribution in [0.1, 0.15) is 18.1 Å². The second-order valence-corrected chi connectivity index (χ2v) is 5.08. The fourth-order valence-electron chi connectivity index (χ4n) is 2.37. The van der Waals surface area contributed by atoms with Gasteiger partial charge in [-0.2, -0.15) is 0 Å². The minimum Gasteiger partial charge on any atom is -0.519 e. The smallest absolute Gasteiger partial charge is 0.519 e. The van der Waals surface area contributed by atoms with Gasteiger partial charge in [0.25, 0.3) is 0 Å². The summed E-state index contributed by atoms with van der Waals surface area (Å²) < 4.78 is 11.7. The van der Waals surface area contributed by atoms with Gasteiger partial charge >= 0.3 is 7.12 Å². The zero-order chi connectivity index (χ0) is 14.1. The fourth-order valence-corrected chi connectivity index (χ4v) is 2.37. The molecule has 1 heterocycles. The lowest BCUT2D eigenvalue weighted by molar-refractivity contribution is -0.116. The van der Waals surface area contributed by atoms with E-state index in [1.807, 2.05) is 49.4 Å². The molecule has 0 radical (unpaired) electrons. The second kappa shape index (κ2) is 5.04. The van der Waals surface area contributed by atoms with Crippen LogP contribution < -0.4 is 14.8 Å². The summed E-state index contributed by atoms with van der Waals surface area (Å²) in [7, 11) is -0.431. The van der Waals surface area contributed by atoms with Crippen molar-refractivity contribution in [2.45, 2.75) is 20.3 Å². The minimum atomic E-state index is -0.431. The maximum absolute atomic E-state index is 11.2. The average Bonchev–Trinajstić information content (AvgIpc) is 2.84. The van der Waals surface area contributed by atoms with Gasteiger partial charge in [0, 0.05) is 11.9 Å². The molecule has 2 aromatic rings. The number of benzene rings is 2. The molecule has 20 heavy (non-hydrogen) atoms. The van der Waals surface area contributed by atoms with Gasteiger partial charge in [0.1, 0.15) is 17.3 Å². The number of Topliss-reactive ketones (excluding diaryl/α,β-unsaturated/α-hetero) is 1. The van der Waals surface area contributed by atoms with Crippen molar-refractivity contribution in [1.29, 1.82) is 0 Å². The summed E-state index contributed by atoms with van der Waals surface area (Å²) in [6.45, 7) is 3.61. The van der Waals surface area contributed by atoms with Crippen molar-refractivity contribution in [2.24, 2.45) is 0 Å². The van der Waals surface area contributed by atoms with Crippen molar-refractivity contribution >= 4 is 18.4 Å². The molecule has 4 heteroatoms. The summed E-state index contributed by atoms with van der Waals surface area (Å²) in [5, 5.41) is 0. The number of carbonyl (C=O) groups excluding carboxylic acids is 1. The number of hydrogen-bond donors (Lipinski definition) is 0. The maximum atomic E-state index is 11.2. The van der Waals surface area contributed by atoms with Crippen LogP contribution in [0.25, 0.3) is 0 Å². The van der Waals surface area contributed by atoms with E-state index in [-0.39, 0.29) is 5.78 Å². The van der Waals surface area contributed by atoms with Gasteiger partial charge in [-0.3, -0.25) is 4.79 Å². The number of fused-ring (bicyclic) bond motifs is 1. The first-order valence-corrected chi connectivity index (χ1v) is 6.64. The van der Waals surface area contributed by atoms with Crippen LogP contribution in [0.5, 0.6) is 11.5 Å². The molecule has 0 saturated heterocycles. The van der Waals surface area contributed by atoms with E-state index in [1.165, 1.54) is 0 Å². The van der Waals surface area contributed by atoms with Crippen molar-refractivity contribution < 1.29 is 14.1 Å². The maximum Gasteiger partial charge on any atom is 0.633 e. The van der Waals surface area contributed by atoms with Crippen LogP contribution in [0.4, 0.5) is 0 Å². The third kappa shape index (κ3) is 2.41. The Hall–Kier alpha value is -2.23. The molecule has 1 aliphatic heterocycles. The van der Waals surface area contributed by atoms with Crippen molar-refractivity contribution in [1.82, 2.24) is 0 Å². The van der Waals surface area contributed by atoms with Crippen LogP contribution >= 0.6 is 0 Å². The molecular formula is C16H15BO3. The molecule has 3 rings (SSSR count). The van der Waals surface area contributed by atoms with E-state index in [0.717, 1.165) is 28.1 Å². The minimum absolute atomic E-state index is 0.149. The Morgan fingerprint density at radius 3 is 2.35 bits per heavy atom. The summed E-state index contributed by atoms with van der Waals surface area (Å²) in [6.07, 6.45) is 0.437. The van der Waals surface area contributed by atoms with Gasteiger partial charge in [0.2, 0.25) is 0 Å². The van der Waals surface area contributed by atoms with Crippen LogP contribution in [0.15, 0.2) is 42.5 Å². The van der Waals surface area contributed by atoms with E-state index in [9.17, 15) is 4.79 Å². The van der Waals surface area contributed by atoms with Crippen molar-refractivity contribution in [3.05, 3.63) is 53.6 Å². The number of hydrogen-bond acceptors (Lipinski definition) is 3. The van der Waals surface area contributed by atoms with Crippen molar-refractivity contribution in [3.8, 4) is 11.5 Å². The van der Waals surface area contributed by atoms with Gasteiger partial charge in [-0.15, -0.1) is 0 Å². The van der Waals surface area contributed by atoms with Crippen molar-refractivity contribution in [3.63, 3.8) is 0 Å². The van der Waals surface area contributed by atoms with Crippen LogP contribution in [0, 0.1) is 6.92 Å². The molecule has 100 valence electrons. The van der Waals surface area contributed by atoms with Crippen LogP contribution in [-0.4, -0.2) is 12.9 Å². The Labute approximate surface area is 118 Å². The first kappa shape index (κ1) is 12.8. The average molecular weight is 266 g/mol. The zero-order valence-corrected chi connectivity index (χ0v) is 11.6. The van der Waals surface area contributed by atoms with Crippen LogP contribution in [-0.2, 0) is 11.2 Å². The van der Waals surface area contributed by atoms with Gasteiger partial charge in [-0.1, -0.05) is 30.3 Å². The third-order valence-corrected chi connectivity index (χ3v) is 3.37. The second-order valence-electron chi connectivity index (χ2n) is 5.08. The summed E-state index contributed by atoms with van der Waals surface area (Å²) in [5.41, 5.74) is 3.05. The molecule has 0 aliphatic carbocycles. The highest BCUT2D eigenvalue weighted by molar-refractivity contribution is 6.64. The molecule has 0 bridgehead atoms. The summed E-state index contributed by atoms with van der Waals surface area (Å²) in [6, 6.07) is 13.6. The van der Waals surface area contributed by atoms with E-state index in [2.05, 4.69) is 0 Å². The number of para-hydroxylation sites is 2. The Bertz CT molecular complexity index is 642. The van der Waals surface area contributed by atoms with E-state index >= 15 is 0 Å². The molecule has 0 saturated carbocycles. The Kier molecular flexibility index (Phi) is 3.22. The van der Waals surface area contributed by atoms with E-state index in [4.69, 9.17) is 9.31 Å². The Morgan fingerprint density at radius 2 is 1.75 bits per heavy atom. The molecular weight excluding hydrogens is 251 g/mol. The van der Waals surface area contributed by atoms with Crippen LogP contribution in [0.3, 0.4) is 0 Å². The normalized spacial score (nSPS) is 12.6. The van der Waals surface area contributed by atoms with E-state index < -0.39 is 7.12 Å². The van der Waals surface area contributed by atoms with Crippen molar-refractivity contribution in [2.75, 3.05) is 0 Å². The quantitative estimate of drug-likeness (QED) is 0.799. The topological polar surface area (TPSA) is 35.5 Å². The van der Waals surface area contributed by atoms with E-state index in [0.29, 0.717) is 6.42 Å². The molecule has 0 spiro atoms. The Balaban J connectivity index is 1.90. The lowest BCUT2D eigenvalue weighted by atomic mass is 9.75. The molecule has 0 N–H and O–H groups in total. The highest BCUT2D eigenvalue weighted by atomic mass is 16.6. The molecule has 0 amide bonds. The molecule has 2 aromatic carbocycles. The molecule has 0 aromatic heterocycles. The number of ketones is 1. The number of aryl methyl sites for hydroxylation is 1. The monoisotopic (exact) mass is 266 g/mol. The van der Waals surface area contributed by atoms with Crippen LogP contribution in [0.2, 0.25) is 0 Å². The summed E-state index contributed by atoms with van der Waals surface area (Å²) in [5.74, 6) is 1.67. The summed E-state index contributed by atoms with van der Waals surface area (Å²) in [4.78, 5) is 11.2. The summed E-state index contributed by atoms with van der Waals surface area (Å²) >= 11 is 0. The van der Waals surface area contributed by atoms with Gasteiger partial charge in [-0.05, 0) is 37.1 Å². The largest absolute Gasteiger partial charge is 0.633 e. The van der Waals surface area contributed by atoms with Gasteiger partial charge in [-0.25, -0.2) is 0 Å². The highest BCUT2D eigenvalue weighted by Gasteiger charge is 2.35. The lowest BCUT2D eigenvalue weighted by Gasteiger charge is -2.10. The molecule has 0 fully saturated rings. The number of carbonyl (C=O) groups is 1. The first-order valence-electron chi connectivity index (χ1n) is 6.64. The first-order chi connectivity index (χ1) is 9.63. The molecule has 0 atom stereocenters. The fraction of sp³-hybridized carbons (Fsp3) is 0.188. The van der Waals surface area contributed by atoms with Gasteiger partial charge in [0.05, 0.1) is 0 Å². The molecule has 1 aliphatic rings. The third-order valence-electron chi connectivity index (χ3n) is 3.37. The lowest BCUT2D eigenvalue weighted by Crippen LogP contribution is -2.41. The SMILES string of the molecule is CC(=O)Cc1ccc(C)c(B2Oc3ccccc3O2)c1. The predicted molar refractivity (Wildman–Crippen MR) is 78.7 cm³/mol. The molecule has 0 unspecified atom stereocenters. The highest BCUT2D eigenvalue weighted by Crippen LogP contribution is 2.32. The van der Waals surface area contributed by atoms with Gasteiger partial charge < -0.3 is 9.31 Å². The zero-order valence-electron chi connectivity index (χ0n) is 11.6. The molecule has 3 nitrogen and oxygen atoms in total.